The van der Waals surface area contributed by atoms with Gasteiger partial charge in [0.05, 0.1) is 11.7 Å². The van der Waals surface area contributed by atoms with Gasteiger partial charge in [-0.1, -0.05) is 0 Å². The highest BCUT2D eigenvalue weighted by molar-refractivity contribution is 7.99. The zero-order chi connectivity index (χ0) is 11.0. The molecule has 16 heavy (non-hydrogen) atoms. The molecule has 0 N–H and O–H groups in total. The van der Waals surface area contributed by atoms with E-state index in [0.717, 1.165) is 23.4 Å². The summed E-state index contributed by atoms with van der Waals surface area (Å²) in [6, 6.07) is 3.74. The highest BCUT2D eigenvalue weighted by atomic mass is 32.2. The highest BCUT2D eigenvalue weighted by Gasteiger charge is 2.22. The van der Waals surface area contributed by atoms with Crippen molar-refractivity contribution in [1.82, 2.24) is 9.38 Å². The van der Waals surface area contributed by atoms with Gasteiger partial charge in [-0.15, -0.1) is 0 Å². The summed E-state index contributed by atoms with van der Waals surface area (Å²) in [6.45, 7) is 0. The van der Waals surface area contributed by atoms with Crippen LogP contribution >= 0.6 is 11.8 Å². The lowest BCUT2D eigenvalue weighted by Crippen LogP contribution is -2.03. The molecule has 2 aromatic heterocycles. The van der Waals surface area contributed by atoms with Crippen LogP contribution < -0.4 is 0 Å². The van der Waals surface area contributed by atoms with Crippen LogP contribution in [0.1, 0.15) is 28.5 Å². The van der Waals surface area contributed by atoms with E-state index >= 15 is 0 Å². The molecule has 0 spiro atoms. The quantitative estimate of drug-likeness (QED) is 0.745. The van der Waals surface area contributed by atoms with Crippen LogP contribution in [0.5, 0.6) is 0 Å². The van der Waals surface area contributed by atoms with Crippen molar-refractivity contribution in [2.75, 3.05) is 11.5 Å². The van der Waals surface area contributed by atoms with Gasteiger partial charge in [0.15, 0.2) is 6.29 Å². The third kappa shape index (κ3) is 1.45. The Bertz CT molecular complexity index is 529. The van der Waals surface area contributed by atoms with Crippen molar-refractivity contribution < 1.29 is 4.79 Å². The van der Waals surface area contributed by atoms with Gasteiger partial charge in [-0.3, -0.25) is 4.79 Å². The number of nitrogens with zero attached hydrogens (tertiary/aromatic N) is 2. The number of imidazole rings is 1. The Balaban J connectivity index is 2.16. The number of fused-ring (bicyclic) bond motifs is 1. The summed E-state index contributed by atoms with van der Waals surface area (Å²) < 4.78 is 2.06. The molecule has 0 aromatic carbocycles. The van der Waals surface area contributed by atoms with Gasteiger partial charge in [0.2, 0.25) is 0 Å². The summed E-state index contributed by atoms with van der Waals surface area (Å²) in [5.74, 6) is 4.00. The minimum Gasteiger partial charge on any atom is -0.303 e. The van der Waals surface area contributed by atoms with Crippen molar-refractivity contribution in [2.24, 2.45) is 0 Å². The van der Waals surface area contributed by atoms with Crippen LogP contribution in [0.3, 0.4) is 0 Å². The SMILES string of the molecule is O=Cc1cccn2c(C3CCSC3)ncc12. The number of carbonyl (C=O) groups is 1. The van der Waals surface area contributed by atoms with Crippen molar-refractivity contribution in [1.29, 1.82) is 0 Å². The molecule has 2 aromatic rings. The third-order valence-electron chi connectivity index (χ3n) is 3.05. The van der Waals surface area contributed by atoms with Crippen molar-refractivity contribution >= 4 is 23.6 Å². The summed E-state index contributed by atoms with van der Waals surface area (Å²) in [5.41, 5.74) is 1.64. The van der Waals surface area contributed by atoms with Crippen LogP contribution in [0.15, 0.2) is 24.5 Å². The normalized spacial score (nSPS) is 20.4. The van der Waals surface area contributed by atoms with Gasteiger partial charge in [0, 0.05) is 23.4 Å². The summed E-state index contributed by atoms with van der Waals surface area (Å²) in [7, 11) is 0. The Hall–Kier alpha value is -1.29. The third-order valence-corrected chi connectivity index (χ3v) is 4.22. The average molecular weight is 232 g/mol. The Kier molecular flexibility index (Phi) is 2.44. The van der Waals surface area contributed by atoms with Crippen LogP contribution in [-0.2, 0) is 0 Å². The van der Waals surface area contributed by atoms with Crippen LogP contribution in [0.4, 0.5) is 0 Å². The maximum absolute atomic E-state index is 10.9. The topological polar surface area (TPSA) is 34.4 Å². The van der Waals surface area contributed by atoms with E-state index in [4.69, 9.17) is 0 Å². The molecule has 3 heterocycles. The lowest BCUT2D eigenvalue weighted by atomic mass is 10.1. The lowest BCUT2D eigenvalue weighted by molar-refractivity contribution is 0.112. The van der Waals surface area contributed by atoms with E-state index in [1.807, 2.05) is 36.3 Å². The fourth-order valence-electron chi connectivity index (χ4n) is 2.20. The molecule has 1 unspecified atom stereocenters. The van der Waals surface area contributed by atoms with E-state index in [1.165, 1.54) is 12.2 Å². The number of carbonyl (C=O) groups excluding carboxylic acids is 1. The summed E-state index contributed by atoms with van der Waals surface area (Å²) in [4.78, 5) is 15.4. The van der Waals surface area contributed by atoms with Gasteiger partial charge in [-0.05, 0) is 24.3 Å². The van der Waals surface area contributed by atoms with Crippen molar-refractivity contribution in [3.8, 4) is 0 Å². The van der Waals surface area contributed by atoms with Crippen LogP contribution in [0, 0.1) is 0 Å². The van der Waals surface area contributed by atoms with E-state index < -0.39 is 0 Å². The van der Waals surface area contributed by atoms with Gasteiger partial charge in [-0.2, -0.15) is 11.8 Å². The Morgan fingerprint density at radius 1 is 1.56 bits per heavy atom. The number of hydrogen-bond donors (Lipinski definition) is 0. The predicted molar refractivity (Wildman–Crippen MR) is 65.3 cm³/mol. The maximum atomic E-state index is 10.9. The molecule has 0 amide bonds. The van der Waals surface area contributed by atoms with Crippen LogP contribution in [-0.4, -0.2) is 27.2 Å². The molecule has 0 radical (unpaired) electrons. The minimum atomic E-state index is 0.536. The molecule has 0 aliphatic carbocycles. The molecular formula is C12H12N2OS. The van der Waals surface area contributed by atoms with E-state index in [1.54, 1.807) is 0 Å². The van der Waals surface area contributed by atoms with E-state index in [9.17, 15) is 4.79 Å². The number of thioether (sulfide) groups is 1. The van der Waals surface area contributed by atoms with Gasteiger partial charge >= 0.3 is 0 Å². The maximum Gasteiger partial charge on any atom is 0.152 e. The zero-order valence-corrected chi connectivity index (χ0v) is 9.61. The standard InChI is InChI=1S/C12H12N2OS/c15-7-9-2-1-4-14-11(9)6-13-12(14)10-3-5-16-8-10/h1-2,4,6-7,10H,3,5,8H2. The van der Waals surface area contributed by atoms with Gasteiger partial charge in [-0.25, -0.2) is 4.98 Å². The molecule has 4 heteroatoms. The minimum absolute atomic E-state index is 0.536. The molecule has 3 rings (SSSR count). The fraction of sp³-hybridized carbons (Fsp3) is 0.333. The molecule has 0 saturated carbocycles. The average Bonchev–Trinajstić information content (AvgIpc) is 2.96. The molecule has 1 aliphatic rings. The summed E-state index contributed by atoms with van der Waals surface area (Å²) in [6.07, 6.45) is 5.88. The molecule has 0 bridgehead atoms. The van der Waals surface area contributed by atoms with Crippen LogP contribution in [0.2, 0.25) is 0 Å². The van der Waals surface area contributed by atoms with Crippen molar-refractivity contribution in [3.63, 3.8) is 0 Å². The molecular weight excluding hydrogens is 220 g/mol. The smallest absolute Gasteiger partial charge is 0.152 e. The Morgan fingerprint density at radius 3 is 3.25 bits per heavy atom. The predicted octanol–water partition coefficient (Wildman–Crippen LogP) is 2.37. The van der Waals surface area contributed by atoms with E-state index in [0.29, 0.717) is 11.5 Å². The first-order valence-corrected chi connectivity index (χ1v) is 6.54. The largest absolute Gasteiger partial charge is 0.303 e. The molecule has 1 aliphatic heterocycles. The van der Waals surface area contributed by atoms with Crippen molar-refractivity contribution in [3.05, 3.63) is 35.9 Å². The zero-order valence-electron chi connectivity index (χ0n) is 8.80. The van der Waals surface area contributed by atoms with Crippen LogP contribution in [0.25, 0.3) is 5.52 Å². The number of aromatic nitrogens is 2. The Morgan fingerprint density at radius 2 is 2.50 bits per heavy atom. The van der Waals surface area contributed by atoms with Gasteiger partial charge in [0.25, 0.3) is 0 Å². The number of hydrogen-bond acceptors (Lipinski definition) is 3. The highest BCUT2D eigenvalue weighted by Crippen LogP contribution is 2.32. The van der Waals surface area contributed by atoms with E-state index in [-0.39, 0.29) is 0 Å². The number of pyridine rings is 1. The van der Waals surface area contributed by atoms with Gasteiger partial charge in [0.1, 0.15) is 5.82 Å². The summed E-state index contributed by atoms with van der Waals surface area (Å²) in [5, 5.41) is 0. The molecule has 3 nitrogen and oxygen atoms in total. The van der Waals surface area contributed by atoms with Crippen molar-refractivity contribution in [2.45, 2.75) is 12.3 Å². The fourth-order valence-corrected chi connectivity index (χ4v) is 3.42. The first-order valence-electron chi connectivity index (χ1n) is 5.39. The summed E-state index contributed by atoms with van der Waals surface area (Å²) >= 11 is 1.98. The second-order valence-corrected chi connectivity index (χ2v) is 5.16. The number of rotatable bonds is 2. The first-order chi connectivity index (χ1) is 7.90. The second kappa shape index (κ2) is 3.94. The second-order valence-electron chi connectivity index (χ2n) is 4.01. The number of aldehydes is 1. The lowest BCUT2D eigenvalue weighted by Gasteiger charge is -2.07. The molecule has 82 valence electrons. The Labute approximate surface area is 97.9 Å². The van der Waals surface area contributed by atoms with E-state index in [2.05, 4.69) is 9.38 Å². The molecule has 1 fully saturated rings. The first kappa shape index (κ1) is 9.90. The van der Waals surface area contributed by atoms with Gasteiger partial charge < -0.3 is 4.40 Å². The monoisotopic (exact) mass is 232 g/mol. The molecule has 1 saturated heterocycles. The molecule has 1 atom stereocenters.